The molecule has 1 aromatic carbocycles. The number of amides is 3. The number of ether oxygens (including phenoxy) is 3. The van der Waals surface area contributed by atoms with E-state index in [1.54, 1.807) is 31.4 Å². The smallest absolute Gasteiger partial charge is 0.329 e. The highest BCUT2D eigenvalue weighted by Gasteiger charge is 2.16. The van der Waals surface area contributed by atoms with Crippen LogP contribution < -0.4 is 20.8 Å². The second-order valence-corrected chi connectivity index (χ2v) is 6.60. The maximum Gasteiger partial charge on any atom is 0.329 e. The van der Waals surface area contributed by atoms with Crippen LogP contribution in [0.4, 0.5) is 0 Å². The molecule has 0 aliphatic carbocycles. The average molecular weight is 420 g/mol. The number of methoxy groups -OCH3 is 1. The number of benzene rings is 1. The van der Waals surface area contributed by atoms with Crippen LogP contribution in [0.3, 0.4) is 0 Å². The molecule has 1 aromatic rings. The van der Waals surface area contributed by atoms with Crippen LogP contribution in [0.15, 0.2) is 29.4 Å². The summed E-state index contributed by atoms with van der Waals surface area (Å²) < 4.78 is 15.7. The van der Waals surface area contributed by atoms with E-state index in [-0.39, 0.29) is 18.6 Å². The van der Waals surface area contributed by atoms with Gasteiger partial charge in [-0.2, -0.15) is 5.10 Å². The van der Waals surface area contributed by atoms with Crippen LogP contribution >= 0.6 is 0 Å². The van der Waals surface area contributed by atoms with Gasteiger partial charge in [0.2, 0.25) is 0 Å². The molecule has 1 heterocycles. The van der Waals surface area contributed by atoms with Crippen molar-refractivity contribution >= 4 is 23.9 Å². The van der Waals surface area contributed by atoms with Crippen LogP contribution in [0.5, 0.6) is 5.75 Å². The van der Waals surface area contributed by atoms with E-state index in [1.165, 1.54) is 6.21 Å². The van der Waals surface area contributed by atoms with Crippen LogP contribution in [0.2, 0.25) is 0 Å². The number of carbonyl (C=O) groups is 3. The van der Waals surface area contributed by atoms with Gasteiger partial charge in [-0.3, -0.25) is 14.4 Å². The Kier molecular flexibility index (Phi) is 10.3. The Labute approximate surface area is 175 Å². The minimum atomic E-state index is -0.849. The molecule has 3 amide bonds. The molecule has 1 saturated heterocycles. The third-order valence-corrected chi connectivity index (χ3v) is 4.20. The summed E-state index contributed by atoms with van der Waals surface area (Å²) in [6.45, 7) is 2.00. The van der Waals surface area contributed by atoms with Crippen molar-refractivity contribution < 1.29 is 28.6 Å². The zero-order chi connectivity index (χ0) is 21.6. The summed E-state index contributed by atoms with van der Waals surface area (Å²) in [5.74, 6) is -1.29. The van der Waals surface area contributed by atoms with Crippen molar-refractivity contribution in [2.45, 2.75) is 25.4 Å². The maximum absolute atomic E-state index is 11.8. The van der Waals surface area contributed by atoms with Gasteiger partial charge in [-0.25, -0.2) is 5.43 Å². The summed E-state index contributed by atoms with van der Waals surface area (Å²) in [6.07, 6.45) is 4.09. The van der Waals surface area contributed by atoms with Gasteiger partial charge < -0.3 is 24.8 Å². The van der Waals surface area contributed by atoms with Crippen molar-refractivity contribution in [2.75, 3.05) is 40.0 Å². The zero-order valence-electron chi connectivity index (χ0n) is 17.0. The summed E-state index contributed by atoms with van der Waals surface area (Å²) in [7, 11) is 1.56. The van der Waals surface area contributed by atoms with Gasteiger partial charge >= 0.3 is 11.8 Å². The average Bonchev–Trinajstić information content (AvgIpc) is 3.28. The second-order valence-electron chi connectivity index (χ2n) is 6.60. The zero-order valence-corrected chi connectivity index (χ0v) is 17.0. The Bertz CT molecular complexity index is 717. The highest BCUT2D eigenvalue weighted by Crippen LogP contribution is 2.12. The van der Waals surface area contributed by atoms with E-state index < -0.39 is 11.8 Å². The van der Waals surface area contributed by atoms with E-state index in [1.807, 2.05) is 0 Å². The van der Waals surface area contributed by atoms with Crippen LogP contribution in [-0.4, -0.2) is 70.1 Å². The summed E-state index contributed by atoms with van der Waals surface area (Å²) in [5, 5.41) is 8.99. The molecule has 2 rings (SSSR count). The fourth-order valence-corrected chi connectivity index (χ4v) is 2.60. The molecule has 0 radical (unpaired) electrons. The molecule has 1 aliphatic rings. The number of hydrogen-bond acceptors (Lipinski definition) is 7. The monoisotopic (exact) mass is 420 g/mol. The largest absolute Gasteiger partial charge is 0.484 e. The number of carbonyl (C=O) groups excluding carboxylic acids is 3. The van der Waals surface area contributed by atoms with Crippen molar-refractivity contribution in [1.82, 2.24) is 16.1 Å². The van der Waals surface area contributed by atoms with Crippen LogP contribution in [-0.2, 0) is 23.9 Å². The highest BCUT2D eigenvalue weighted by atomic mass is 16.5. The minimum Gasteiger partial charge on any atom is -0.484 e. The molecule has 0 saturated carbocycles. The molecule has 1 atom stereocenters. The predicted octanol–water partition coefficient (Wildman–Crippen LogP) is -0.0366. The fourth-order valence-electron chi connectivity index (χ4n) is 2.60. The molecule has 0 unspecified atom stereocenters. The Morgan fingerprint density at radius 2 is 2.00 bits per heavy atom. The summed E-state index contributed by atoms with van der Waals surface area (Å²) >= 11 is 0. The van der Waals surface area contributed by atoms with Gasteiger partial charge in [0, 0.05) is 33.4 Å². The standard InChI is InChI=1S/C20H28N4O6/c1-28-10-3-9-21-19(26)20(27)24-23-12-15-5-7-16(8-6-15)30-14-18(25)22-13-17-4-2-11-29-17/h5-8,12,17H,2-4,9-11,13-14H2,1H3,(H,21,26)(H,22,25)(H,24,27)/b23-12-/t17-/m0/s1. The van der Waals surface area contributed by atoms with Crippen LogP contribution in [0.1, 0.15) is 24.8 Å². The molecule has 1 fully saturated rings. The Hall–Kier alpha value is -2.98. The van der Waals surface area contributed by atoms with E-state index in [2.05, 4.69) is 21.2 Å². The van der Waals surface area contributed by atoms with Crippen LogP contribution in [0, 0.1) is 0 Å². The van der Waals surface area contributed by atoms with E-state index in [0.29, 0.717) is 37.4 Å². The van der Waals surface area contributed by atoms with Gasteiger partial charge in [0.15, 0.2) is 6.61 Å². The molecule has 1 aliphatic heterocycles. The normalized spacial score (nSPS) is 15.7. The van der Waals surface area contributed by atoms with Gasteiger partial charge in [-0.15, -0.1) is 0 Å². The van der Waals surface area contributed by atoms with Gasteiger partial charge in [0.05, 0.1) is 12.3 Å². The van der Waals surface area contributed by atoms with Gasteiger partial charge in [0.25, 0.3) is 5.91 Å². The topological polar surface area (TPSA) is 127 Å². The van der Waals surface area contributed by atoms with Crippen molar-refractivity contribution in [3.63, 3.8) is 0 Å². The van der Waals surface area contributed by atoms with E-state index in [4.69, 9.17) is 14.2 Å². The molecule has 0 aromatic heterocycles. The fraction of sp³-hybridized carbons (Fsp3) is 0.500. The number of hydrogen-bond donors (Lipinski definition) is 3. The lowest BCUT2D eigenvalue weighted by molar-refractivity contribution is -0.139. The minimum absolute atomic E-state index is 0.0876. The van der Waals surface area contributed by atoms with Crippen molar-refractivity contribution in [3.05, 3.63) is 29.8 Å². The molecule has 10 nitrogen and oxygen atoms in total. The lowest BCUT2D eigenvalue weighted by Gasteiger charge is -2.11. The molecular weight excluding hydrogens is 392 g/mol. The number of rotatable bonds is 11. The number of nitrogens with zero attached hydrogens (tertiary/aromatic N) is 1. The van der Waals surface area contributed by atoms with Crippen molar-refractivity contribution in [1.29, 1.82) is 0 Å². The number of hydrazone groups is 1. The van der Waals surface area contributed by atoms with Crippen LogP contribution in [0.25, 0.3) is 0 Å². The highest BCUT2D eigenvalue weighted by molar-refractivity contribution is 6.35. The molecule has 0 spiro atoms. The van der Waals surface area contributed by atoms with Gasteiger partial charge in [-0.05, 0) is 49.1 Å². The van der Waals surface area contributed by atoms with E-state index >= 15 is 0 Å². The maximum atomic E-state index is 11.8. The predicted molar refractivity (Wildman–Crippen MR) is 109 cm³/mol. The molecule has 10 heteroatoms. The van der Waals surface area contributed by atoms with Crippen molar-refractivity contribution in [2.24, 2.45) is 5.10 Å². The van der Waals surface area contributed by atoms with Gasteiger partial charge in [-0.1, -0.05) is 0 Å². The second kappa shape index (κ2) is 13.3. The SMILES string of the molecule is COCCCNC(=O)C(=O)N/N=C\c1ccc(OCC(=O)NC[C@@H]2CCCO2)cc1. The first-order valence-electron chi connectivity index (χ1n) is 9.80. The lowest BCUT2D eigenvalue weighted by Crippen LogP contribution is -2.38. The van der Waals surface area contributed by atoms with E-state index in [0.717, 1.165) is 19.4 Å². The Morgan fingerprint density at radius 3 is 2.70 bits per heavy atom. The Morgan fingerprint density at radius 1 is 1.20 bits per heavy atom. The molecule has 3 N–H and O–H groups in total. The van der Waals surface area contributed by atoms with E-state index in [9.17, 15) is 14.4 Å². The first-order valence-corrected chi connectivity index (χ1v) is 9.80. The molecule has 30 heavy (non-hydrogen) atoms. The van der Waals surface area contributed by atoms with Gasteiger partial charge in [0.1, 0.15) is 5.75 Å². The number of nitrogens with one attached hydrogen (secondary N) is 3. The molecule has 164 valence electrons. The first kappa shape index (κ1) is 23.3. The summed E-state index contributed by atoms with van der Waals surface area (Å²) in [4.78, 5) is 35.0. The third kappa shape index (κ3) is 9.01. The molecular formula is C20H28N4O6. The summed E-state index contributed by atoms with van der Waals surface area (Å²) in [6, 6.07) is 6.78. The van der Waals surface area contributed by atoms with Crippen molar-refractivity contribution in [3.8, 4) is 5.75 Å². The Balaban J connectivity index is 1.65. The third-order valence-electron chi connectivity index (χ3n) is 4.20. The summed E-state index contributed by atoms with van der Waals surface area (Å²) in [5.41, 5.74) is 2.84. The lowest BCUT2D eigenvalue weighted by atomic mass is 10.2. The first-order chi connectivity index (χ1) is 14.6. The molecule has 0 bridgehead atoms. The quantitative estimate of drug-likeness (QED) is 0.200.